The molecule has 5 nitrogen and oxygen atoms in total. The molecule has 0 spiro atoms. The van der Waals surface area contributed by atoms with Crippen molar-refractivity contribution >= 4 is 5.69 Å². The Balaban J connectivity index is 1.35. The Hall–Kier alpha value is -1.30. The van der Waals surface area contributed by atoms with Gasteiger partial charge in [-0.15, -0.1) is 0 Å². The molecule has 1 aromatic rings. The molecule has 0 unspecified atom stereocenters. The summed E-state index contributed by atoms with van der Waals surface area (Å²) in [6, 6.07) is 7.54. The van der Waals surface area contributed by atoms with Crippen molar-refractivity contribution in [1.29, 1.82) is 0 Å². The SMILES string of the molecule is Oc1ccc(N2CCN(CCCN3CCOCC3)CC2)cc1. The Morgan fingerprint density at radius 3 is 2.05 bits per heavy atom. The molecular weight excluding hydrogens is 278 g/mol. The normalized spacial score (nSPS) is 21.2. The maximum Gasteiger partial charge on any atom is 0.115 e. The number of phenolic OH excluding ortho intramolecular Hbond substituents is 1. The van der Waals surface area contributed by atoms with Gasteiger partial charge in [-0.25, -0.2) is 0 Å². The molecule has 5 heteroatoms. The van der Waals surface area contributed by atoms with E-state index in [1.54, 1.807) is 12.1 Å². The maximum atomic E-state index is 9.36. The second-order valence-electron chi connectivity index (χ2n) is 6.15. The fraction of sp³-hybridized carbons (Fsp3) is 0.647. The predicted molar refractivity (Wildman–Crippen MR) is 88.6 cm³/mol. The van der Waals surface area contributed by atoms with Gasteiger partial charge in [0.1, 0.15) is 5.75 Å². The molecule has 2 saturated heterocycles. The molecule has 0 bridgehead atoms. The molecule has 3 rings (SSSR count). The Labute approximate surface area is 133 Å². The van der Waals surface area contributed by atoms with E-state index in [-0.39, 0.29) is 0 Å². The number of piperazine rings is 1. The smallest absolute Gasteiger partial charge is 0.115 e. The van der Waals surface area contributed by atoms with E-state index in [1.807, 2.05) is 12.1 Å². The maximum absolute atomic E-state index is 9.36. The quantitative estimate of drug-likeness (QED) is 0.886. The third kappa shape index (κ3) is 4.35. The molecule has 2 aliphatic rings. The van der Waals surface area contributed by atoms with Gasteiger partial charge in [0.15, 0.2) is 0 Å². The van der Waals surface area contributed by atoms with Crippen LogP contribution in [0.25, 0.3) is 0 Å². The van der Waals surface area contributed by atoms with Gasteiger partial charge in [-0.3, -0.25) is 9.80 Å². The number of hydrogen-bond acceptors (Lipinski definition) is 5. The average Bonchev–Trinajstić information content (AvgIpc) is 2.57. The Morgan fingerprint density at radius 1 is 0.818 bits per heavy atom. The molecule has 2 heterocycles. The molecule has 0 atom stereocenters. The summed E-state index contributed by atoms with van der Waals surface area (Å²) in [6.07, 6.45) is 1.25. The minimum Gasteiger partial charge on any atom is -0.508 e. The van der Waals surface area contributed by atoms with Crippen LogP contribution in [0.5, 0.6) is 5.75 Å². The van der Waals surface area contributed by atoms with Gasteiger partial charge in [-0.05, 0) is 43.8 Å². The van der Waals surface area contributed by atoms with Crippen LogP contribution in [0.4, 0.5) is 5.69 Å². The van der Waals surface area contributed by atoms with Crippen LogP contribution in [0.15, 0.2) is 24.3 Å². The lowest BCUT2D eigenvalue weighted by atomic mass is 10.2. The molecule has 0 radical (unpaired) electrons. The minimum absolute atomic E-state index is 0.338. The van der Waals surface area contributed by atoms with Crippen molar-refractivity contribution in [1.82, 2.24) is 9.80 Å². The second kappa shape index (κ2) is 7.81. The zero-order valence-electron chi connectivity index (χ0n) is 13.3. The largest absolute Gasteiger partial charge is 0.508 e. The van der Waals surface area contributed by atoms with Gasteiger partial charge in [0.25, 0.3) is 0 Å². The molecule has 2 aliphatic heterocycles. The van der Waals surface area contributed by atoms with E-state index in [1.165, 1.54) is 25.2 Å². The van der Waals surface area contributed by atoms with Crippen molar-refractivity contribution < 1.29 is 9.84 Å². The monoisotopic (exact) mass is 305 g/mol. The molecule has 22 heavy (non-hydrogen) atoms. The highest BCUT2D eigenvalue weighted by Gasteiger charge is 2.17. The summed E-state index contributed by atoms with van der Waals surface area (Å²) in [5.74, 6) is 0.338. The van der Waals surface area contributed by atoms with E-state index in [4.69, 9.17) is 4.74 Å². The Kier molecular flexibility index (Phi) is 5.53. The van der Waals surface area contributed by atoms with Crippen LogP contribution >= 0.6 is 0 Å². The van der Waals surface area contributed by atoms with Crippen molar-refractivity contribution in [3.63, 3.8) is 0 Å². The summed E-state index contributed by atoms with van der Waals surface area (Å²) in [7, 11) is 0. The van der Waals surface area contributed by atoms with E-state index < -0.39 is 0 Å². The van der Waals surface area contributed by atoms with Gasteiger partial charge in [0.2, 0.25) is 0 Å². The first kappa shape index (κ1) is 15.6. The van der Waals surface area contributed by atoms with E-state index >= 15 is 0 Å². The van der Waals surface area contributed by atoms with Gasteiger partial charge in [-0.2, -0.15) is 0 Å². The molecule has 1 N–H and O–H groups in total. The molecule has 0 saturated carbocycles. The first-order valence-corrected chi connectivity index (χ1v) is 8.38. The van der Waals surface area contributed by atoms with Crippen molar-refractivity contribution in [3.8, 4) is 5.75 Å². The number of ether oxygens (including phenoxy) is 1. The summed E-state index contributed by atoms with van der Waals surface area (Å²) in [4.78, 5) is 7.48. The molecule has 0 amide bonds. The highest BCUT2D eigenvalue weighted by molar-refractivity contribution is 5.49. The highest BCUT2D eigenvalue weighted by Crippen LogP contribution is 2.19. The lowest BCUT2D eigenvalue weighted by molar-refractivity contribution is 0.0360. The number of aromatic hydroxyl groups is 1. The van der Waals surface area contributed by atoms with Crippen LogP contribution in [0, 0.1) is 0 Å². The van der Waals surface area contributed by atoms with Gasteiger partial charge in [0.05, 0.1) is 13.2 Å². The fourth-order valence-corrected chi connectivity index (χ4v) is 3.24. The summed E-state index contributed by atoms with van der Waals surface area (Å²) in [5.41, 5.74) is 1.21. The van der Waals surface area contributed by atoms with Crippen LogP contribution in [-0.4, -0.2) is 80.5 Å². The lowest BCUT2D eigenvalue weighted by Gasteiger charge is -2.36. The number of anilines is 1. The van der Waals surface area contributed by atoms with Crippen LogP contribution in [0.3, 0.4) is 0 Å². The van der Waals surface area contributed by atoms with Crippen molar-refractivity contribution in [2.24, 2.45) is 0 Å². The third-order valence-electron chi connectivity index (χ3n) is 4.64. The molecule has 0 aromatic heterocycles. The summed E-state index contributed by atoms with van der Waals surface area (Å²) < 4.78 is 5.38. The van der Waals surface area contributed by atoms with E-state index in [2.05, 4.69) is 14.7 Å². The fourth-order valence-electron chi connectivity index (χ4n) is 3.24. The van der Waals surface area contributed by atoms with Crippen LogP contribution in [-0.2, 0) is 4.74 Å². The van der Waals surface area contributed by atoms with Crippen molar-refractivity contribution in [3.05, 3.63) is 24.3 Å². The van der Waals surface area contributed by atoms with Gasteiger partial charge in [0, 0.05) is 45.0 Å². The topological polar surface area (TPSA) is 39.2 Å². The van der Waals surface area contributed by atoms with Gasteiger partial charge >= 0.3 is 0 Å². The van der Waals surface area contributed by atoms with E-state index in [0.29, 0.717) is 5.75 Å². The molecular formula is C17H27N3O2. The first-order chi connectivity index (χ1) is 10.8. The number of morpholine rings is 1. The Bertz CT molecular complexity index is 438. The zero-order chi connectivity index (χ0) is 15.2. The van der Waals surface area contributed by atoms with E-state index in [0.717, 1.165) is 52.5 Å². The Morgan fingerprint density at radius 2 is 1.41 bits per heavy atom. The van der Waals surface area contributed by atoms with Crippen LogP contribution in [0.2, 0.25) is 0 Å². The molecule has 122 valence electrons. The number of nitrogens with zero attached hydrogens (tertiary/aromatic N) is 3. The van der Waals surface area contributed by atoms with Gasteiger partial charge in [-0.1, -0.05) is 0 Å². The zero-order valence-corrected chi connectivity index (χ0v) is 13.3. The molecule has 1 aromatic carbocycles. The van der Waals surface area contributed by atoms with Crippen LogP contribution in [0.1, 0.15) is 6.42 Å². The number of benzene rings is 1. The summed E-state index contributed by atoms with van der Waals surface area (Å²) >= 11 is 0. The number of phenols is 1. The molecule has 0 aliphatic carbocycles. The summed E-state index contributed by atoms with van der Waals surface area (Å²) in [5, 5.41) is 9.36. The van der Waals surface area contributed by atoms with Crippen molar-refractivity contribution in [2.75, 3.05) is 70.5 Å². The second-order valence-corrected chi connectivity index (χ2v) is 6.15. The standard InChI is InChI=1S/C17H27N3O2/c21-17-4-2-16(3-5-17)20-10-8-18(9-11-20)6-1-7-19-12-14-22-15-13-19/h2-5,21H,1,6-15H2. The lowest BCUT2D eigenvalue weighted by Crippen LogP contribution is -2.47. The van der Waals surface area contributed by atoms with E-state index in [9.17, 15) is 5.11 Å². The number of rotatable bonds is 5. The average molecular weight is 305 g/mol. The number of hydrogen-bond donors (Lipinski definition) is 1. The first-order valence-electron chi connectivity index (χ1n) is 8.38. The van der Waals surface area contributed by atoms with Crippen molar-refractivity contribution in [2.45, 2.75) is 6.42 Å². The highest BCUT2D eigenvalue weighted by atomic mass is 16.5. The summed E-state index contributed by atoms with van der Waals surface area (Å²) in [6.45, 7) is 10.8. The predicted octanol–water partition coefficient (Wildman–Crippen LogP) is 1.24. The van der Waals surface area contributed by atoms with Gasteiger partial charge < -0.3 is 14.7 Å². The molecule has 2 fully saturated rings. The minimum atomic E-state index is 0.338. The van der Waals surface area contributed by atoms with Crippen LogP contribution < -0.4 is 4.90 Å². The third-order valence-corrected chi connectivity index (χ3v) is 4.64.